The second-order valence-electron chi connectivity index (χ2n) is 4.41. The molecule has 0 saturated carbocycles. The lowest BCUT2D eigenvalue weighted by atomic mass is 10.2. The Kier molecular flexibility index (Phi) is 2.66. The van der Waals surface area contributed by atoms with Crippen molar-refractivity contribution >= 4 is 23.5 Å². The van der Waals surface area contributed by atoms with Gasteiger partial charge in [-0.15, -0.1) is 0 Å². The van der Waals surface area contributed by atoms with Crippen molar-refractivity contribution in [3.05, 3.63) is 18.2 Å². The van der Waals surface area contributed by atoms with Crippen LogP contribution in [0.3, 0.4) is 0 Å². The molecule has 0 spiro atoms. The summed E-state index contributed by atoms with van der Waals surface area (Å²) in [5.41, 5.74) is 1.81. The van der Waals surface area contributed by atoms with Crippen LogP contribution in [0.1, 0.15) is 12.8 Å². The van der Waals surface area contributed by atoms with Crippen molar-refractivity contribution in [2.75, 3.05) is 30.1 Å². The summed E-state index contributed by atoms with van der Waals surface area (Å²) < 4.78 is 5.59. The van der Waals surface area contributed by atoms with Crippen molar-refractivity contribution in [3.8, 4) is 5.75 Å². The van der Waals surface area contributed by atoms with Gasteiger partial charge in [0.05, 0.1) is 24.4 Å². The molecule has 2 heterocycles. The Labute approximate surface area is 106 Å². The van der Waals surface area contributed by atoms with Crippen LogP contribution >= 0.6 is 0 Å². The maximum absolute atomic E-state index is 11.8. The zero-order valence-electron chi connectivity index (χ0n) is 10.3. The molecule has 18 heavy (non-hydrogen) atoms. The molecule has 1 amide bonds. The Hall–Kier alpha value is -2.04. The van der Waals surface area contributed by atoms with Crippen LogP contribution in [0.5, 0.6) is 5.75 Å². The maximum atomic E-state index is 11.8. The van der Waals surface area contributed by atoms with Crippen molar-refractivity contribution in [1.29, 1.82) is 0 Å². The van der Waals surface area contributed by atoms with E-state index in [1.807, 2.05) is 29.4 Å². The second-order valence-corrected chi connectivity index (χ2v) is 4.41. The van der Waals surface area contributed by atoms with Gasteiger partial charge in [-0.1, -0.05) is 0 Å². The highest BCUT2D eigenvalue weighted by Crippen LogP contribution is 2.34. The van der Waals surface area contributed by atoms with E-state index < -0.39 is 0 Å². The molecule has 0 aliphatic carbocycles. The van der Waals surface area contributed by atoms with Crippen molar-refractivity contribution < 1.29 is 9.53 Å². The van der Waals surface area contributed by atoms with E-state index in [9.17, 15) is 4.79 Å². The summed E-state index contributed by atoms with van der Waals surface area (Å²) in [5, 5.41) is 6.22. The van der Waals surface area contributed by atoms with Gasteiger partial charge in [-0.3, -0.25) is 9.80 Å². The third-order valence-corrected chi connectivity index (χ3v) is 3.24. The summed E-state index contributed by atoms with van der Waals surface area (Å²) >= 11 is 0. The number of ether oxygens (including phenoxy) is 1. The van der Waals surface area contributed by atoms with Gasteiger partial charge in [-0.05, 0) is 18.2 Å². The van der Waals surface area contributed by atoms with Gasteiger partial charge in [0.25, 0.3) is 0 Å². The first-order valence-corrected chi connectivity index (χ1v) is 6.09. The molecule has 1 aromatic carbocycles. The molecule has 0 saturated heterocycles. The third kappa shape index (κ3) is 1.81. The van der Waals surface area contributed by atoms with Crippen LogP contribution in [0.25, 0.3) is 0 Å². The van der Waals surface area contributed by atoms with Crippen molar-refractivity contribution in [3.63, 3.8) is 0 Å². The van der Waals surface area contributed by atoms with Gasteiger partial charge in [0, 0.05) is 26.2 Å². The highest BCUT2D eigenvalue weighted by atomic mass is 16.5. The topological polar surface area (TPSA) is 45.1 Å². The molecule has 0 fully saturated rings. The third-order valence-electron chi connectivity index (χ3n) is 3.24. The van der Waals surface area contributed by atoms with Crippen molar-refractivity contribution in [2.24, 2.45) is 5.10 Å². The summed E-state index contributed by atoms with van der Waals surface area (Å²) in [6.07, 6.45) is 3.28. The molecule has 0 radical (unpaired) electrons. The molecule has 2 aliphatic heterocycles. The minimum absolute atomic E-state index is 0.0795. The predicted molar refractivity (Wildman–Crippen MR) is 70.4 cm³/mol. The number of fused-ring (bicyclic) bond motifs is 1. The fourth-order valence-electron chi connectivity index (χ4n) is 2.19. The average Bonchev–Trinajstić information content (AvgIpc) is 2.87. The fraction of sp³-hybridized carbons (Fsp3) is 0.385. The second kappa shape index (κ2) is 4.33. The molecular weight excluding hydrogens is 230 g/mol. The van der Waals surface area contributed by atoms with E-state index in [4.69, 9.17) is 4.74 Å². The van der Waals surface area contributed by atoms with E-state index >= 15 is 0 Å². The maximum Gasteiger partial charge on any atom is 0.230 e. The van der Waals surface area contributed by atoms with Crippen LogP contribution in [0.2, 0.25) is 0 Å². The number of hydrogen-bond donors (Lipinski definition) is 0. The number of anilines is 2. The highest BCUT2D eigenvalue weighted by Gasteiger charge is 2.21. The summed E-state index contributed by atoms with van der Waals surface area (Å²) in [6, 6.07) is 5.85. The normalized spacial score (nSPS) is 18.6. The SMILES string of the molecule is CN1C(=O)CCOc2ccc(N3CCC=N3)cc21. The molecule has 1 aromatic rings. The van der Waals surface area contributed by atoms with Gasteiger partial charge in [-0.25, -0.2) is 0 Å². The first-order chi connectivity index (χ1) is 8.75. The average molecular weight is 245 g/mol. The van der Waals surface area contributed by atoms with Crippen LogP contribution in [0.4, 0.5) is 11.4 Å². The number of hydrazone groups is 1. The number of carbonyl (C=O) groups excluding carboxylic acids is 1. The first kappa shape index (κ1) is 11.1. The summed E-state index contributed by atoms with van der Waals surface area (Å²) in [5.74, 6) is 0.839. The summed E-state index contributed by atoms with van der Waals surface area (Å²) in [4.78, 5) is 13.5. The Balaban J connectivity index is 1.99. The standard InChI is InChI=1S/C13H15N3O2/c1-15-11-9-10(16-7-2-6-14-16)3-4-12(11)18-8-5-13(15)17/h3-4,6,9H,2,5,7-8H2,1H3. The molecule has 2 aliphatic rings. The van der Waals surface area contributed by atoms with Crippen molar-refractivity contribution in [2.45, 2.75) is 12.8 Å². The number of benzene rings is 1. The number of nitrogens with zero attached hydrogens (tertiary/aromatic N) is 3. The van der Waals surface area contributed by atoms with Gasteiger partial charge in [0.1, 0.15) is 5.75 Å². The summed E-state index contributed by atoms with van der Waals surface area (Å²) in [7, 11) is 1.78. The van der Waals surface area contributed by atoms with E-state index in [1.54, 1.807) is 11.9 Å². The van der Waals surface area contributed by atoms with Crippen LogP contribution in [-0.4, -0.2) is 32.3 Å². The molecule has 0 bridgehead atoms. The predicted octanol–water partition coefficient (Wildman–Crippen LogP) is 1.63. The van der Waals surface area contributed by atoms with Gasteiger partial charge in [-0.2, -0.15) is 5.10 Å². The van der Waals surface area contributed by atoms with Crippen LogP contribution in [-0.2, 0) is 4.79 Å². The zero-order valence-corrected chi connectivity index (χ0v) is 10.3. The van der Waals surface area contributed by atoms with E-state index in [1.165, 1.54) is 0 Å². The minimum Gasteiger partial charge on any atom is -0.491 e. The molecule has 0 aromatic heterocycles. The number of rotatable bonds is 1. The molecular formula is C13H15N3O2. The van der Waals surface area contributed by atoms with E-state index in [0.717, 1.165) is 30.1 Å². The lowest BCUT2D eigenvalue weighted by Crippen LogP contribution is -2.25. The highest BCUT2D eigenvalue weighted by molar-refractivity contribution is 5.95. The largest absolute Gasteiger partial charge is 0.491 e. The Morgan fingerprint density at radius 1 is 1.39 bits per heavy atom. The molecule has 94 valence electrons. The van der Waals surface area contributed by atoms with Gasteiger partial charge in [0.15, 0.2) is 0 Å². The van der Waals surface area contributed by atoms with Crippen molar-refractivity contribution in [1.82, 2.24) is 0 Å². The lowest BCUT2D eigenvalue weighted by Gasteiger charge is -2.20. The minimum atomic E-state index is 0.0795. The fourth-order valence-corrected chi connectivity index (χ4v) is 2.19. The van der Waals surface area contributed by atoms with Crippen LogP contribution in [0.15, 0.2) is 23.3 Å². The number of hydrogen-bond acceptors (Lipinski definition) is 4. The quantitative estimate of drug-likeness (QED) is 0.755. The summed E-state index contributed by atoms with van der Waals surface area (Å²) in [6.45, 7) is 1.33. The Morgan fingerprint density at radius 3 is 3.06 bits per heavy atom. The molecule has 5 nitrogen and oxygen atoms in total. The smallest absolute Gasteiger partial charge is 0.230 e. The zero-order chi connectivity index (χ0) is 12.5. The van der Waals surface area contributed by atoms with E-state index in [2.05, 4.69) is 5.10 Å². The van der Waals surface area contributed by atoms with E-state index in [-0.39, 0.29) is 5.91 Å². The first-order valence-electron chi connectivity index (χ1n) is 6.09. The van der Waals surface area contributed by atoms with Crippen LogP contribution < -0.4 is 14.6 Å². The van der Waals surface area contributed by atoms with E-state index in [0.29, 0.717) is 13.0 Å². The van der Waals surface area contributed by atoms with Crippen LogP contribution in [0, 0.1) is 0 Å². The molecule has 5 heteroatoms. The monoisotopic (exact) mass is 245 g/mol. The van der Waals surface area contributed by atoms with Gasteiger partial charge >= 0.3 is 0 Å². The molecule has 0 N–H and O–H groups in total. The number of carbonyl (C=O) groups is 1. The number of amides is 1. The Bertz CT molecular complexity index is 513. The van der Waals surface area contributed by atoms with Gasteiger partial charge < -0.3 is 9.64 Å². The lowest BCUT2D eigenvalue weighted by molar-refractivity contribution is -0.118. The molecule has 3 rings (SSSR count). The Morgan fingerprint density at radius 2 is 2.28 bits per heavy atom. The molecule has 0 atom stereocenters. The molecule has 0 unspecified atom stereocenters. The van der Waals surface area contributed by atoms with Gasteiger partial charge in [0.2, 0.25) is 5.91 Å².